The van der Waals surface area contributed by atoms with Crippen LogP contribution >= 0.6 is 0 Å². The van der Waals surface area contributed by atoms with Crippen LogP contribution in [0.4, 0.5) is 10.1 Å². The highest BCUT2D eigenvalue weighted by atomic mass is 19.1. The molecule has 7 heteroatoms. The summed E-state index contributed by atoms with van der Waals surface area (Å²) in [5.74, 6) is 1.54. The molecule has 0 radical (unpaired) electrons. The molecule has 0 saturated carbocycles. The van der Waals surface area contributed by atoms with Crippen LogP contribution in [0, 0.1) is 5.82 Å². The maximum absolute atomic E-state index is 13.6. The Morgan fingerprint density at radius 2 is 1.83 bits per heavy atom. The summed E-state index contributed by atoms with van der Waals surface area (Å²) in [5.41, 5.74) is 1.08. The highest BCUT2D eigenvalue weighted by Crippen LogP contribution is 2.31. The third-order valence-corrected chi connectivity index (χ3v) is 3.40. The topological polar surface area (TPSA) is 69.4 Å². The summed E-state index contributed by atoms with van der Waals surface area (Å²) >= 11 is 0. The van der Waals surface area contributed by atoms with Gasteiger partial charge in [0.1, 0.15) is 5.82 Å². The van der Waals surface area contributed by atoms with Gasteiger partial charge in [-0.15, -0.1) is 10.2 Å². The molecule has 0 fully saturated rings. The van der Waals surface area contributed by atoms with Gasteiger partial charge in [-0.1, -0.05) is 12.1 Å². The largest absolute Gasteiger partial charge is 0.493 e. The van der Waals surface area contributed by atoms with Crippen molar-refractivity contribution < 1.29 is 18.3 Å². The van der Waals surface area contributed by atoms with Crippen molar-refractivity contribution in [3.8, 4) is 23.0 Å². The van der Waals surface area contributed by atoms with Crippen LogP contribution in [0.5, 0.6) is 11.5 Å². The van der Waals surface area contributed by atoms with Crippen LogP contribution in [0.15, 0.2) is 46.9 Å². The number of anilines is 1. The van der Waals surface area contributed by atoms with E-state index in [1.165, 1.54) is 6.07 Å². The average Bonchev–Trinajstić information content (AvgIpc) is 3.09. The van der Waals surface area contributed by atoms with Crippen molar-refractivity contribution in [3.05, 3.63) is 54.2 Å². The van der Waals surface area contributed by atoms with Crippen molar-refractivity contribution in [1.82, 2.24) is 10.2 Å². The minimum absolute atomic E-state index is 0.223. The predicted octanol–water partition coefficient (Wildman–Crippen LogP) is 3.51. The lowest BCUT2D eigenvalue weighted by Crippen LogP contribution is -2.01. The number of nitrogens with one attached hydrogen (secondary N) is 1. The summed E-state index contributed by atoms with van der Waals surface area (Å²) in [6.07, 6.45) is 0. The Hall–Kier alpha value is -3.09. The molecule has 0 amide bonds. The van der Waals surface area contributed by atoms with E-state index in [0.717, 1.165) is 0 Å². The van der Waals surface area contributed by atoms with Crippen LogP contribution in [0.1, 0.15) is 5.89 Å². The first-order chi connectivity index (χ1) is 11.7. The van der Waals surface area contributed by atoms with E-state index in [9.17, 15) is 4.39 Å². The number of ether oxygens (including phenoxy) is 2. The Bertz CT molecular complexity index is 835. The second-order valence-corrected chi connectivity index (χ2v) is 4.90. The molecule has 1 N–H and O–H groups in total. The average molecular weight is 329 g/mol. The lowest BCUT2D eigenvalue weighted by atomic mass is 10.2. The SMILES string of the molecule is COc1ccc(-c2nnc(CNc3ccccc3F)o2)cc1OC. The molecule has 0 aliphatic heterocycles. The number of halogens is 1. The smallest absolute Gasteiger partial charge is 0.247 e. The maximum atomic E-state index is 13.6. The lowest BCUT2D eigenvalue weighted by molar-refractivity contribution is 0.355. The molecule has 0 atom stereocenters. The standard InChI is InChI=1S/C17H16FN3O3/c1-22-14-8-7-11(9-15(14)23-2)17-21-20-16(24-17)10-19-13-6-4-3-5-12(13)18/h3-9,19H,10H2,1-2H3. The number of methoxy groups -OCH3 is 2. The first-order valence-corrected chi connectivity index (χ1v) is 7.24. The van der Waals surface area contributed by atoms with E-state index in [-0.39, 0.29) is 12.4 Å². The zero-order valence-corrected chi connectivity index (χ0v) is 13.2. The molecular weight excluding hydrogens is 313 g/mol. The summed E-state index contributed by atoms with van der Waals surface area (Å²) in [7, 11) is 3.12. The number of aromatic nitrogens is 2. The molecule has 6 nitrogen and oxygen atoms in total. The number of benzene rings is 2. The normalized spacial score (nSPS) is 10.5. The number of rotatable bonds is 6. The molecule has 0 unspecified atom stereocenters. The highest BCUT2D eigenvalue weighted by Gasteiger charge is 2.12. The number of nitrogens with zero attached hydrogens (tertiary/aromatic N) is 2. The van der Waals surface area contributed by atoms with Gasteiger partial charge in [0.2, 0.25) is 11.8 Å². The van der Waals surface area contributed by atoms with E-state index >= 15 is 0 Å². The van der Waals surface area contributed by atoms with Crippen LogP contribution in [0.2, 0.25) is 0 Å². The summed E-state index contributed by atoms with van der Waals surface area (Å²) < 4.78 is 29.6. The first kappa shape index (κ1) is 15.8. The Balaban J connectivity index is 1.75. The molecule has 3 rings (SSSR count). The van der Waals surface area contributed by atoms with Crippen molar-refractivity contribution in [2.45, 2.75) is 6.54 Å². The second-order valence-electron chi connectivity index (χ2n) is 4.90. The fraction of sp³-hybridized carbons (Fsp3) is 0.176. The molecule has 24 heavy (non-hydrogen) atoms. The van der Waals surface area contributed by atoms with Gasteiger partial charge in [-0.05, 0) is 30.3 Å². The Morgan fingerprint density at radius 3 is 2.58 bits per heavy atom. The Morgan fingerprint density at radius 1 is 1.04 bits per heavy atom. The van der Waals surface area contributed by atoms with E-state index < -0.39 is 0 Å². The lowest BCUT2D eigenvalue weighted by Gasteiger charge is -2.07. The minimum atomic E-state index is -0.336. The quantitative estimate of drug-likeness (QED) is 0.746. The van der Waals surface area contributed by atoms with Crippen molar-refractivity contribution in [2.24, 2.45) is 0 Å². The van der Waals surface area contributed by atoms with Crippen LogP contribution < -0.4 is 14.8 Å². The third kappa shape index (κ3) is 3.29. The molecule has 0 aliphatic rings. The first-order valence-electron chi connectivity index (χ1n) is 7.24. The fourth-order valence-corrected chi connectivity index (χ4v) is 2.19. The summed E-state index contributed by atoms with van der Waals surface area (Å²) in [6.45, 7) is 0.223. The number of hydrogen-bond donors (Lipinski definition) is 1. The van der Waals surface area contributed by atoms with Gasteiger partial charge in [0.25, 0.3) is 0 Å². The van der Waals surface area contributed by atoms with E-state index in [2.05, 4.69) is 15.5 Å². The number of hydrogen-bond acceptors (Lipinski definition) is 6. The zero-order valence-electron chi connectivity index (χ0n) is 13.2. The molecule has 2 aromatic carbocycles. The molecule has 0 saturated heterocycles. The summed E-state index contributed by atoms with van der Waals surface area (Å²) in [6, 6.07) is 11.7. The van der Waals surface area contributed by atoms with E-state index in [0.29, 0.717) is 34.5 Å². The van der Waals surface area contributed by atoms with Crippen LogP contribution in [0.3, 0.4) is 0 Å². The van der Waals surface area contributed by atoms with Crippen molar-refractivity contribution in [3.63, 3.8) is 0 Å². The van der Waals surface area contributed by atoms with E-state index in [4.69, 9.17) is 13.9 Å². The van der Waals surface area contributed by atoms with Crippen LogP contribution in [-0.2, 0) is 6.54 Å². The van der Waals surface area contributed by atoms with Crippen molar-refractivity contribution in [2.75, 3.05) is 19.5 Å². The van der Waals surface area contributed by atoms with Gasteiger partial charge in [0, 0.05) is 5.56 Å². The van der Waals surface area contributed by atoms with E-state index in [1.54, 1.807) is 50.6 Å². The van der Waals surface area contributed by atoms with Gasteiger partial charge in [0.05, 0.1) is 26.5 Å². The van der Waals surface area contributed by atoms with Crippen molar-refractivity contribution in [1.29, 1.82) is 0 Å². The van der Waals surface area contributed by atoms with Gasteiger partial charge in [-0.2, -0.15) is 0 Å². The molecular formula is C17H16FN3O3. The van der Waals surface area contributed by atoms with Gasteiger partial charge in [0.15, 0.2) is 11.5 Å². The molecule has 1 aromatic heterocycles. The van der Waals surface area contributed by atoms with Crippen LogP contribution in [-0.4, -0.2) is 24.4 Å². The minimum Gasteiger partial charge on any atom is -0.493 e. The predicted molar refractivity (Wildman–Crippen MR) is 86.6 cm³/mol. The van der Waals surface area contributed by atoms with Gasteiger partial charge in [-0.25, -0.2) is 4.39 Å². The van der Waals surface area contributed by atoms with E-state index in [1.807, 2.05) is 0 Å². The molecule has 124 valence electrons. The molecule has 3 aromatic rings. The zero-order chi connectivity index (χ0) is 16.9. The summed E-state index contributed by atoms with van der Waals surface area (Å²) in [4.78, 5) is 0. The van der Waals surface area contributed by atoms with Crippen molar-refractivity contribution >= 4 is 5.69 Å². The third-order valence-electron chi connectivity index (χ3n) is 3.40. The maximum Gasteiger partial charge on any atom is 0.247 e. The van der Waals surface area contributed by atoms with Crippen LogP contribution in [0.25, 0.3) is 11.5 Å². The molecule has 0 bridgehead atoms. The molecule has 0 aliphatic carbocycles. The highest BCUT2D eigenvalue weighted by molar-refractivity contribution is 5.59. The second kappa shape index (κ2) is 6.99. The molecule has 0 spiro atoms. The van der Waals surface area contributed by atoms with Gasteiger partial charge >= 0.3 is 0 Å². The fourth-order valence-electron chi connectivity index (χ4n) is 2.19. The number of para-hydroxylation sites is 1. The Labute approximate surface area is 138 Å². The Kier molecular flexibility index (Phi) is 4.60. The molecule has 1 heterocycles. The van der Waals surface area contributed by atoms with Gasteiger partial charge in [-0.3, -0.25) is 0 Å². The van der Waals surface area contributed by atoms with Gasteiger partial charge < -0.3 is 19.2 Å². The summed E-state index contributed by atoms with van der Waals surface area (Å²) in [5, 5.41) is 10.9. The monoisotopic (exact) mass is 329 g/mol.